The van der Waals surface area contributed by atoms with Gasteiger partial charge in [0.15, 0.2) is 16.4 Å². The third-order valence-electron chi connectivity index (χ3n) is 6.70. The standard InChI is InChI=1S/C29H28O7P/c1-4-36-26(30)24-16-23-20(15-22(24)19-11-7-5-8-12-19)17-29(27(31)34-2,28(32)35-3)18-25(23)37(33)21-13-9-6-10-14-21/h5-16,25H,4,17-18H2,1-3H3/q+1. The van der Waals surface area contributed by atoms with Gasteiger partial charge in [0.05, 0.1) is 26.4 Å². The van der Waals surface area contributed by atoms with Crippen molar-refractivity contribution in [3.8, 4) is 11.1 Å². The number of hydrogen-bond donors (Lipinski definition) is 0. The zero-order chi connectivity index (χ0) is 26.6. The molecule has 0 N–H and O–H groups in total. The Morgan fingerprint density at radius 3 is 2.08 bits per heavy atom. The Bertz CT molecular complexity index is 1320. The molecule has 2 unspecified atom stereocenters. The zero-order valence-electron chi connectivity index (χ0n) is 20.9. The number of carbonyl (C=O) groups is 3. The summed E-state index contributed by atoms with van der Waals surface area (Å²) in [4.78, 5) is 39.3. The van der Waals surface area contributed by atoms with Crippen molar-refractivity contribution in [2.24, 2.45) is 5.41 Å². The lowest BCUT2D eigenvalue weighted by Crippen LogP contribution is -2.46. The third-order valence-corrected chi connectivity index (χ3v) is 8.53. The predicted molar refractivity (Wildman–Crippen MR) is 139 cm³/mol. The van der Waals surface area contributed by atoms with E-state index >= 15 is 0 Å². The van der Waals surface area contributed by atoms with E-state index in [4.69, 9.17) is 14.2 Å². The van der Waals surface area contributed by atoms with Gasteiger partial charge >= 0.3 is 25.7 Å². The van der Waals surface area contributed by atoms with Crippen molar-refractivity contribution in [1.29, 1.82) is 0 Å². The first kappa shape index (κ1) is 26.2. The molecule has 1 aliphatic carbocycles. The number of esters is 3. The maximum Gasteiger partial charge on any atom is 0.384 e. The maximum absolute atomic E-state index is 14.0. The highest BCUT2D eigenvalue weighted by Gasteiger charge is 2.57. The Morgan fingerprint density at radius 1 is 0.919 bits per heavy atom. The minimum Gasteiger partial charge on any atom is -0.468 e. The van der Waals surface area contributed by atoms with Crippen molar-refractivity contribution in [1.82, 2.24) is 0 Å². The van der Waals surface area contributed by atoms with Crippen LogP contribution in [-0.4, -0.2) is 38.7 Å². The lowest BCUT2D eigenvalue weighted by Gasteiger charge is -2.34. The molecule has 7 nitrogen and oxygen atoms in total. The number of rotatable bonds is 7. The molecule has 190 valence electrons. The molecule has 0 radical (unpaired) electrons. The van der Waals surface area contributed by atoms with E-state index in [-0.39, 0.29) is 19.4 Å². The van der Waals surface area contributed by atoms with E-state index in [1.54, 1.807) is 43.3 Å². The average Bonchev–Trinajstić information content (AvgIpc) is 2.95. The van der Waals surface area contributed by atoms with Crippen molar-refractivity contribution in [2.75, 3.05) is 20.8 Å². The van der Waals surface area contributed by atoms with Crippen LogP contribution in [0.1, 0.15) is 40.5 Å². The summed E-state index contributed by atoms with van der Waals surface area (Å²) in [6.07, 6.45) is -0.102. The van der Waals surface area contributed by atoms with Crippen LogP contribution in [0.4, 0.5) is 0 Å². The van der Waals surface area contributed by atoms with Gasteiger partial charge in [-0.2, -0.15) is 0 Å². The van der Waals surface area contributed by atoms with Crippen molar-refractivity contribution in [3.05, 3.63) is 89.5 Å². The fourth-order valence-corrected chi connectivity index (χ4v) is 6.74. The Kier molecular flexibility index (Phi) is 7.84. The largest absolute Gasteiger partial charge is 0.468 e. The van der Waals surface area contributed by atoms with Crippen LogP contribution in [0.3, 0.4) is 0 Å². The number of methoxy groups -OCH3 is 2. The topological polar surface area (TPSA) is 96.0 Å². The summed E-state index contributed by atoms with van der Waals surface area (Å²) in [7, 11) is 0.313. The van der Waals surface area contributed by atoms with Gasteiger partial charge in [0.1, 0.15) is 0 Å². The highest BCUT2D eigenvalue weighted by Crippen LogP contribution is 2.55. The molecule has 0 spiro atoms. The van der Waals surface area contributed by atoms with Crippen molar-refractivity contribution < 1.29 is 33.2 Å². The Balaban J connectivity index is 1.99. The van der Waals surface area contributed by atoms with E-state index in [0.29, 0.717) is 27.6 Å². The van der Waals surface area contributed by atoms with E-state index in [1.807, 2.05) is 36.4 Å². The first-order chi connectivity index (χ1) is 17.9. The fourth-order valence-electron chi connectivity index (χ4n) is 4.95. The van der Waals surface area contributed by atoms with Crippen LogP contribution < -0.4 is 5.30 Å². The molecule has 0 aliphatic heterocycles. The molecule has 0 aromatic heterocycles. The predicted octanol–water partition coefficient (Wildman–Crippen LogP) is 5.00. The fraction of sp³-hybridized carbons (Fsp3) is 0.276. The van der Waals surface area contributed by atoms with Crippen LogP contribution >= 0.6 is 7.80 Å². The third kappa shape index (κ3) is 4.92. The van der Waals surface area contributed by atoms with Crippen LogP contribution in [0, 0.1) is 5.41 Å². The molecule has 0 saturated heterocycles. The summed E-state index contributed by atoms with van der Waals surface area (Å²) >= 11 is 0. The van der Waals surface area contributed by atoms with Gasteiger partial charge < -0.3 is 14.2 Å². The van der Waals surface area contributed by atoms with Crippen LogP contribution in [0.5, 0.6) is 0 Å². The highest BCUT2D eigenvalue weighted by atomic mass is 31.1. The average molecular weight is 520 g/mol. The van der Waals surface area contributed by atoms with Gasteiger partial charge in [-0.3, -0.25) is 9.59 Å². The minimum absolute atomic E-state index is 0.0148. The Labute approximate surface area is 216 Å². The molecule has 4 rings (SSSR count). The lowest BCUT2D eigenvalue weighted by atomic mass is 9.70. The van der Waals surface area contributed by atoms with Crippen molar-refractivity contribution in [3.63, 3.8) is 0 Å². The van der Waals surface area contributed by atoms with Crippen LogP contribution in [-0.2, 0) is 34.8 Å². The van der Waals surface area contributed by atoms with Gasteiger partial charge in [0, 0.05) is 12.0 Å². The minimum atomic E-state index is -2.12. The smallest absolute Gasteiger partial charge is 0.384 e. The van der Waals surface area contributed by atoms with Crippen LogP contribution in [0.25, 0.3) is 11.1 Å². The second kappa shape index (κ2) is 11.1. The summed E-state index contributed by atoms with van der Waals surface area (Å²) < 4.78 is 29.4. The molecule has 8 heteroatoms. The molecular weight excluding hydrogens is 491 g/mol. The number of carbonyl (C=O) groups excluding carboxylic acids is 3. The lowest BCUT2D eigenvalue weighted by molar-refractivity contribution is -0.170. The first-order valence-corrected chi connectivity index (χ1v) is 13.3. The summed E-state index contributed by atoms with van der Waals surface area (Å²) in [5.74, 6) is -2.00. The Morgan fingerprint density at radius 2 is 1.51 bits per heavy atom. The summed E-state index contributed by atoms with van der Waals surface area (Å²) in [5.41, 5.74) is 0.519. The molecule has 2 atom stereocenters. The maximum atomic E-state index is 14.0. The number of fused-ring (bicyclic) bond motifs is 1. The molecular formula is C29H28O7P+. The SMILES string of the molecule is CCOC(=O)c1cc2c(cc1-c1ccccc1)CC(C(=O)OC)(C(=O)OC)CC2[P+](=O)c1ccccc1. The molecule has 0 heterocycles. The second-order valence-corrected chi connectivity index (χ2v) is 10.6. The van der Waals surface area contributed by atoms with E-state index < -0.39 is 36.8 Å². The number of ether oxygens (including phenoxy) is 3. The highest BCUT2D eigenvalue weighted by molar-refractivity contribution is 7.53. The van der Waals surface area contributed by atoms with Crippen LogP contribution in [0.2, 0.25) is 0 Å². The molecule has 3 aromatic carbocycles. The number of hydrogen-bond acceptors (Lipinski definition) is 7. The first-order valence-electron chi connectivity index (χ1n) is 11.9. The van der Waals surface area contributed by atoms with Crippen molar-refractivity contribution >= 4 is 31.0 Å². The van der Waals surface area contributed by atoms with Gasteiger partial charge in [0.25, 0.3) is 0 Å². The second-order valence-electron chi connectivity index (χ2n) is 8.81. The summed E-state index contributed by atoms with van der Waals surface area (Å²) in [6, 6.07) is 21.7. The summed E-state index contributed by atoms with van der Waals surface area (Å²) in [6.45, 7) is 1.92. The van der Waals surface area contributed by atoms with Crippen molar-refractivity contribution in [2.45, 2.75) is 25.4 Å². The molecule has 0 amide bonds. The normalized spacial score (nSPS) is 16.2. The van der Waals surface area contributed by atoms with Gasteiger partial charge in [-0.05, 0) is 54.3 Å². The van der Waals surface area contributed by atoms with Gasteiger partial charge in [-0.15, -0.1) is 0 Å². The number of benzene rings is 3. The van der Waals surface area contributed by atoms with E-state index in [2.05, 4.69) is 0 Å². The molecule has 0 bridgehead atoms. The molecule has 0 fully saturated rings. The van der Waals surface area contributed by atoms with Gasteiger partial charge in [-0.1, -0.05) is 53.1 Å². The molecule has 0 saturated carbocycles. The van der Waals surface area contributed by atoms with Crippen LogP contribution in [0.15, 0.2) is 72.8 Å². The van der Waals surface area contributed by atoms with E-state index in [0.717, 1.165) is 5.56 Å². The zero-order valence-corrected chi connectivity index (χ0v) is 21.8. The molecule has 37 heavy (non-hydrogen) atoms. The summed E-state index contributed by atoms with van der Waals surface area (Å²) in [5, 5.41) is 0.573. The molecule has 1 aliphatic rings. The molecule has 3 aromatic rings. The van der Waals surface area contributed by atoms with Gasteiger partial charge in [-0.25, -0.2) is 4.79 Å². The quantitative estimate of drug-likeness (QED) is 0.188. The Hall–Kier alpha value is -3.83. The van der Waals surface area contributed by atoms with E-state index in [1.165, 1.54) is 14.2 Å². The monoisotopic (exact) mass is 519 g/mol. The van der Waals surface area contributed by atoms with Gasteiger partial charge in [0.2, 0.25) is 0 Å². The van der Waals surface area contributed by atoms with E-state index in [9.17, 15) is 18.9 Å².